The largest absolute Gasteiger partial charge is 0.496 e. The van der Waals surface area contributed by atoms with E-state index in [4.69, 9.17) is 15.2 Å². The summed E-state index contributed by atoms with van der Waals surface area (Å²) in [6.45, 7) is 2.03. The summed E-state index contributed by atoms with van der Waals surface area (Å²) in [5.74, 6) is -0.0546. The normalized spacial score (nSPS) is 13.0. The molecule has 0 aliphatic heterocycles. The summed E-state index contributed by atoms with van der Waals surface area (Å²) in [6.07, 6.45) is -0.161. The van der Waals surface area contributed by atoms with Gasteiger partial charge in [-0.2, -0.15) is 0 Å². The number of ether oxygens (including phenoxy) is 2. The first kappa shape index (κ1) is 19.6. The molecule has 1 amide bonds. The number of carbonyl (C=O) groups is 1. The molecular weight excluding hydrogens is 299 g/mol. The molecule has 0 aromatic heterocycles. The van der Waals surface area contributed by atoms with Crippen molar-refractivity contribution in [1.82, 2.24) is 5.32 Å². The molecule has 0 aliphatic rings. The molecule has 0 saturated heterocycles. The number of nitrogens with one attached hydrogen (secondary N) is 1. The van der Waals surface area contributed by atoms with Crippen LogP contribution in [0.2, 0.25) is 0 Å². The van der Waals surface area contributed by atoms with Crippen LogP contribution in [0.25, 0.3) is 0 Å². The van der Waals surface area contributed by atoms with Crippen molar-refractivity contribution >= 4 is 18.3 Å². The molecule has 1 aromatic rings. The number of hydrogen-bond acceptors (Lipinski definition) is 4. The van der Waals surface area contributed by atoms with E-state index in [1.54, 1.807) is 6.92 Å². The van der Waals surface area contributed by atoms with E-state index < -0.39 is 0 Å². The van der Waals surface area contributed by atoms with Gasteiger partial charge in [-0.05, 0) is 25.1 Å². The molecule has 0 heterocycles. The van der Waals surface area contributed by atoms with E-state index in [0.29, 0.717) is 11.3 Å². The number of hydrogen-bond donors (Lipinski definition) is 2. The van der Waals surface area contributed by atoms with Gasteiger partial charge in [0.25, 0.3) is 0 Å². The predicted molar refractivity (Wildman–Crippen MR) is 81.2 cm³/mol. The van der Waals surface area contributed by atoms with Gasteiger partial charge in [-0.3, -0.25) is 4.79 Å². The van der Waals surface area contributed by atoms with Crippen molar-refractivity contribution in [3.63, 3.8) is 0 Å². The summed E-state index contributed by atoms with van der Waals surface area (Å²) in [6, 6.07) is 3.82. The van der Waals surface area contributed by atoms with Crippen LogP contribution in [0.5, 0.6) is 5.75 Å². The van der Waals surface area contributed by atoms with Gasteiger partial charge in [0, 0.05) is 19.2 Å². The maximum atomic E-state index is 13.3. The van der Waals surface area contributed by atoms with E-state index in [0.717, 1.165) is 0 Å². The lowest BCUT2D eigenvalue weighted by molar-refractivity contribution is -0.124. The second-order valence-electron chi connectivity index (χ2n) is 4.47. The lowest BCUT2D eigenvalue weighted by Crippen LogP contribution is -2.33. The van der Waals surface area contributed by atoms with Gasteiger partial charge in [0.15, 0.2) is 0 Å². The van der Waals surface area contributed by atoms with E-state index >= 15 is 0 Å². The number of benzene rings is 1. The first-order valence-electron chi connectivity index (χ1n) is 6.37. The minimum Gasteiger partial charge on any atom is -0.496 e. The quantitative estimate of drug-likeness (QED) is 0.803. The van der Waals surface area contributed by atoms with Crippen molar-refractivity contribution < 1.29 is 18.7 Å². The maximum Gasteiger partial charge on any atom is 0.223 e. The van der Waals surface area contributed by atoms with Gasteiger partial charge in [-0.15, -0.1) is 12.4 Å². The van der Waals surface area contributed by atoms with Crippen LogP contribution in [-0.2, 0) is 9.53 Å². The molecule has 0 saturated carbocycles. The maximum absolute atomic E-state index is 13.3. The molecule has 0 bridgehead atoms. The van der Waals surface area contributed by atoms with Gasteiger partial charge in [0.05, 0.1) is 25.7 Å². The Balaban J connectivity index is 0.00000400. The second-order valence-corrected chi connectivity index (χ2v) is 4.47. The SMILES string of the molecule is COc1ccc(F)cc1C(C)NC(=O)CC(CN)OC.Cl. The summed E-state index contributed by atoms with van der Waals surface area (Å²) >= 11 is 0. The molecule has 0 fully saturated rings. The van der Waals surface area contributed by atoms with Crippen molar-refractivity contribution in [2.45, 2.75) is 25.5 Å². The first-order valence-corrected chi connectivity index (χ1v) is 6.37. The van der Waals surface area contributed by atoms with Crippen LogP contribution in [0, 0.1) is 5.82 Å². The van der Waals surface area contributed by atoms with Crippen molar-refractivity contribution in [3.05, 3.63) is 29.6 Å². The zero-order valence-electron chi connectivity index (χ0n) is 12.4. The van der Waals surface area contributed by atoms with Gasteiger partial charge in [0.2, 0.25) is 5.91 Å². The van der Waals surface area contributed by atoms with Crippen molar-refractivity contribution in [2.75, 3.05) is 20.8 Å². The average Bonchev–Trinajstić information content (AvgIpc) is 2.44. The summed E-state index contributed by atoms with van der Waals surface area (Å²) in [5.41, 5.74) is 6.05. The monoisotopic (exact) mass is 320 g/mol. The van der Waals surface area contributed by atoms with Gasteiger partial charge >= 0.3 is 0 Å². The summed E-state index contributed by atoms with van der Waals surface area (Å²) in [7, 11) is 3.00. The van der Waals surface area contributed by atoms with Crippen molar-refractivity contribution in [2.24, 2.45) is 5.73 Å². The van der Waals surface area contributed by atoms with Gasteiger partial charge in [-0.1, -0.05) is 0 Å². The standard InChI is InChI=1S/C14H21FN2O3.ClH/c1-9(17-14(18)7-11(8-16)19-2)12-6-10(15)4-5-13(12)20-3;/h4-6,9,11H,7-8,16H2,1-3H3,(H,17,18);1H. The van der Waals surface area contributed by atoms with Crippen LogP contribution in [0.1, 0.15) is 24.9 Å². The Kier molecular flexibility index (Phi) is 8.92. The minimum atomic E-state index is -0.376. The fourth-order valence-electron chi connectivity index (χ4n) is 1.89. The third-order valence-electron chi connectivity index (χ3n) is 3.05. The summed E-state index contributed by atoms with van der Waals surface area (Å²) < 4.78 is 23.5. The third-order valence-corrected chi connectivity index (χ3v) is 3.05. The second kappa shape index (κ2) is 9.55. The highest BCUT2D eigenvalue weighted by molar-refractivity contribution is 5.85. The van der Waals surface area contributed by atoms with Crippen LogP contribution in [-0.4, -0.2) is 32.8 Å². The van der Waals surface area contributed by atoms with E-state index in [1.807, 2.05) is 0 Å². The molecular formula is C14H22ClFN2O3. The van der Waals surface area contributed by atoms with Crippen LogP contribution in [0.4, 0.5) is 4.39 Å². The van der Waals surface area contributed by atoms with Gasteiger partial charge < -0.3 is 20.5 Å². The number of methoxy groups -OCH3 is 2. The highest BCUT2D eigenvalue weighted by Crippen LogP contribution is 2.25. The number of rotatable bonds is 7. The molecule has 3 N–H and O–H groups in total. The van der Waals surface area contributed by atoms with Gasteiger partial charge in [0.1, 0.15) is 11.6 Å². The van der Waals surface area contributed by atoms with E-state index in [-0.39, 0.29) is 49.2 Å². The Morgan fingerprint density at radius 2 is 2.10 bits per heavy atom. The Hall–Kier alpha value is -1.37. The van der Waals surface area contributed by atoms with Crippen LogP contribution >= 0.6 is 12.4 Å². The predicted octanol–water partition coefficient (Wildman–Crippen LogP) is 1.80. The molecule has 2 atom stereocenters. The summed E-state index contributed by atoms with van der Waals surface area (Å²) in [5, 5.41) is 2.78. The van der Waals surface area contributed by atoms with Crippen molar-refractivity contribution in [1.29, 1.82) is 0 Å². The number of halogens is 2. The molecule has 0 spiro atoms. The van der Waals surface area contributed by atoms with Crippen LogP contribution in [0.3, 0.4) is 0 Å². The fourth-order valence-corrected chi connectivity index (χ4v) is 1.89. The molecule has 1 rings (SSSR count). The number of carbonyl (C=O) groups excluding carboxylic acids is 1. The van der Waals surface area contributed by atoms with Crippen molar-refractivity contribution in [3.8, 4) is 5.75 Å². The molecule has 0 aliphatic carbocycles. The zero-order chi connectivity index (χ0) is 15.1. The Labute approximate surface area is 130 Å². The number of amides is 1. The Morgan fingerprint density at radius 1 is 1.43 bits per heavy atom. The molecule has 0 radical (unpaired) electrons. The number of nitrogens with two attached hydrogens (primary N) is 1. The van der Waals surface area contributed by atoms with E-state index in [9.17, 15) is 9.18 Å². The van der Waals surface area contributed by atoms with Crippen LogP contribution in [0.15, 0.2) is 18.2 Å². The molecule has 1 aromatic carbocycles. The van der Waals surface area contributed by atoms with E-state index in [2.05, 4.69) is 5.32 Å². The highest BCUT2D eigenvalue weighted by atomic mass is 35.5. The Bertz CT molecular complexity index is 456. The zero-order valence-corrected chi connectivity index (χ0v) is 13.2. The summed E-state index contributed by atoms with van der Waals surface area (Å²) in [4.78, 5) is 11.9. The third kappa shape index (κ3) is 5.87. The Morgan fingerprint density at radius 3 is 2.62 bits per heavy atom. The smallest absolute Gasteiger partial charge is 0.223 e. The van der Waals surface area contributed by atoms with Crippen LogP contribution < -0.4 is 15.8 Å². The first-order chi connectivity index (χ1) is 9.51. The highest BCUT2D eigenvalue weighted by Gasteiger charge is 2.17. The average molecular weight is 321 g/mol. The molecule has 7 heteroatoms. The molecule has 21 heavy (non-hydrogen) atoms. The van der Waals surface area contributed by atoms with Gasteiger partial charge in [-0.25, -0.2) is 4.39 Å². The topological polar surface area (TPSA) is 73.6 Å². The molecule has 2 unspecified atom stereocenters. The lowest BCUT2D eigenvalue weighted by atomic mass is 10.1. The molecule has 120 valence electrons. The minimum absolute atomic E-state index is 0. The fraction of sp³-hybridized carbons (Fsp3) is 0.500. The van der Waals surface area contributed by atoms with E-state index in [1.165, 1.54) is 32.4 Å². The molecule has 5 nitrogen and oxygen atoms in total. The lowest BCUT2D eigenvalue weighted by Gasteiger charge is -2.19.